The molecule has 164 valence electrons. The Morgan fingerprint density at radius 3 is 2.68 bits per heavy atom. The van der Waals surface area contributed by atoms with Gasteiger partial charge in [-0.05, 0) is 24.3 Å². The number of sulfone groups is 1. The molecule has 1 N–H and O–H groups in total. The molecule has 2 amide bonds. The molecule has 8 nitrogen and oxygen atoms in total. The maximum Gasteiger partial charge on any atom is 0.271 e. The molecule has 13 heteroatoms. The lowest BCUT2D eigenvalue weighted by molar-refractivity contribution is -0.131. The van der Waals surface area contributed by atoms with Gasteiger partial charge in [0.25, 0.3) is 11.8 Å². The van der Waals surface area contributed by atoms with Gasteiger partial charge in [-0.2, -0.15) is 5.26 Å². The van der Waals surface area contributed by atoms with Gasteiger partial charge in [-0.25, -0.2) is 22.2 Å². The molecule has 0 spiro atoms. The van der Waals surface area contributed by atoms with Gasteiger partial charge in [0.2, 0.25) is 5.91 Å². The number of likely N-dealkylation sites (tertiary alicyclic amines) is 1. The van der Waals surface area contributed by atoms with E-state index in [4.69, 9.17) is 5.26 Å². The van der Waals surface area contributed by atoms with Gasteiger partial charge in [0.15, 0.2) is 9.84 Å². The van der Waals surface area contributed by atoms with Crippen molar-refractivity contribution in [3.05, 3.63) is 44.8 Å². The first-order chi connectivity index (χ1) is 14.5. The molecule has 0 unspecified atom stereocenters. The minimum absolute atomic E-state index is 0.0950. The van der Waals surface area contributed by atoms with Crippen LogP contribution < -0.4 is 5.32 Å². The lowest BCUT2D eigenvalue weighted by atomic mass is 10.2. The minimum Gasteiger partial charge on any atom is -0.342 e. The first-order valence-electron chi connectivity index (χ1n) is 8.78. The van der Waals surface area contributed by atoms with Crippen molar-refractivity contribution in [2.45, 2.75) is 29.0 Å². The van der Waals surface area contributed by atoms with Crippen LogP contribution in [0.3, 0.4) is 0 Å². The molecule has 0 saturated carbocycles. The summed E-state index contributed by atoms with van der Waals surface area (Å²) < 4.78 is 52.6. The van der Waals surface area contributed by atoms with Crippen molar-refractivity contribution in [2.24, 2.45) is 0 Å². The van der Waals surface area contributed by atoms with Crippen molar-refractivity contribution < 1.29 is 26.8 Å². The average molecular weight is 533 g/mol. The van der Waals surface area contributed by atoms with E-state index in [1.165, 1.54) is 17.5 Å². The predicted octanol–water partition coefficient (Wildman–Crippen LogP) is 2.37. The molecule has 3 rings (SSSR count). The second kappa shape index (κ2) is 8.97. The number of aromatic nitrogens is 1. The molecular formula is C18H15BrF2N4O4S2. The Balaban J connectivity index is 1.60. The number of benzene rings is 1. The highest BCUT2D eigenvalue weighted by Crippen LogP contribution is 2.31. The summed E-state index contributed by atoms with van der Waals surface area (Å²) >= 11 is 4.20. The summed E-state index contributed by atoms with van der Waals surface area (Å²) in [5, 5.41) is 12.7. The number of alkyl halides is 2. The topological polar surface area (TPSA) is 120 Å². The van der Waals surface area contributed by atoms with Crippen LogP contribution in [0.25, 0.3) is 0 Å². The average Bonchev–Trinajstić information content (AvgIpc) is 3.29. The van der Waals surface area contributed by atoms with Gasteiger partial charge >= 0.3 is 0 Å². The highest BCUT2D eigenvalue weighted by molar-refractivity contribution is 9.10. The third-order valence-electron chi connectivity index (χ3n) is 4.41. The van der Waals surface area contributed by atoms with Gasteiger partial charge in [-0.1, -0.05) is 15.9 Å². The third-order valence-corrected chi connectivity index (χ3v) is 7.61. The number of halogens is 3. The van der Waals surface area contributed by atoms with Crippen LogP contribution in [-0.4, -0.2) is 55.2 Å². The van der Waals surface area contributed by atoms with Crippen molar-refractivity contribution in [3.8, 4) is 6.07 Å². The number of hydrogen-bond acceptors (Lipinski definition) is 7. The zero-order chi connectivity index (χ0) is 22.8. The molecule has 2 aromatic rings. The Bertz CT molecular complexity index is 1150. The monoisotopic (exact) mass is 532 g/mol. The van der Waals surface area contributed by atoms with Crippen LogP contribution in [0.1, 0.15) is 21.9 Å². The first kappa shape index (κ1) is 23.2. The van der Waals surface area contributed by atoms with Crippen molar-refractivity contribution in [3.63, 3.8) is 0 Å². The number of rotatable bonds is 6. The largest absolute Gasteiger partial charge is 0.342 e. The predicted molar refractivity (Wildman–Crippen MR) is 110 cm³/mol. The molecule has 1 aliphatic rings. The van der Waals surface area contributed by atoms with E-state index in [0.717, 1.165) is 20.7 Å². The van der Waals surface area contributed by atoms with Gasteiger partial charge in [0.05, 0.1) is 24.1 Å². The van der Waals surface area contributed by atoms with Crippen molar-refractivity contribution in [2.75, 3.05) is 13.1 Å². The van der Waals surface area contributed by atoms with Crippen molar-refractivity contribution in [1.82, 2.24) is 15.2 Å². The van der Waals surface area contributed by atoms with Gasteiger partial charge in [0, 0.05) is 16.3 Å². The molecule has 0 bridgehead atoms. The van der Waals surface area contributed by atoms with Gasteiger partial charge < -0.3 is 10.2 Å². The number of nitrogens with zero attached hydrogens (tertiary/aromatic N) is 3. The maximum atomic E-state index is 13.4. The zero-order valence-corrected chi connectivity index (χ0v) is 18.9. The first-order valence-corrected chi connectivity index (χ1v) is 12.1. The Hall–Kier alpha value is -2.43. The molecule has 1 fully saturated rings. The highest BCUT2D eigenvalue weighted by atomic mass is 79.9. The number of thiazole rings is 1. The van der Waals surface area contributed by atoms with Crippen LogP contribution in [0.2, 0.25) is 0 Å². The Morgan fingerprint density at radius 1 is 1.35 bits per heavy atom. The molecule has 1 aromatic carbocycles. The number of nitriles is 1. The Labute approximate surface area is 188 Å². The second-order valence-electron chi connectivity index (χ2n) is 6.75. The Morgan fingerprint density at radius 2 is 2.03 bits per heavy atom. The molecule has 2 heterocycles. The van der Waals surface area contributed by atoms with E-state index < -0.39 is 58.9 Å². The van der Waals surface area contributed by atoms with Gasteiger partial charge in [0.1, 0.15) is 22.5 Å². The molecule has 0 aliphatic carbocycles. The lowest BCUT2D eigenvalue weighted by Crippen LogP contribution is -2.43. The quantitative estimate of drug-likeness (QED) is 0.609. The summed E-state index contributed by atoms with van der Waals surface area (Å²) in [6, 6.07) is 6.48. The molecule has 1 aromatic heterocycles. The smallest absolute Gasteiger partial charge is 0.271 e. The standard InChI is InChI=1S/C18H15BrF2N4O4S2/c19-11-1-3-13(4-2-11)31(28,29)9-15-24-14(8-30-15)17(27)23-7-16(26)25-10-18(20,21)5-12(25)6-22/h1-4,8,12H,5,7,9-10H2,(H,23,27)/t12-/m0/s1. The molecule has 1 aliphatic heterocycles. The number of carbonyl (C=O) groups excluding carboxylic acids is 2. The summed E-state index contributed by atoms with van der Waals surface area (Å²) in [4.78, 5) is 29.2. The molecule has 31 heavy (non-hydrogen) atoms. The van der Waals surface area contributed by atoms with E-state index in [0.29, 0.717) is 0 Å². The summed E-state index contributed by atoms with van der Waals surface area (Å²) in [5.41, 5.74) is -0.0950. The van der Waals surface area contributed by atoms with Crippen LogP contribution >= 0.6 is 27.3 Å². The van der Waals surface area contributed by atoms with Gasteiger partial charge in [-0.15, -0.1) is 11.3 Å². The van der Waals surface area contributed by atoms with Gasteiger partial charge in [-0.3, -0.25) is 9.59 Å². The normalized spacial score (nSPS) is 17.9. The molecule has 1 atom stereocenters. The van der Waals surface area contributed by atoms with E-state index in [1.54, 1.807) is 18.2 Å². The third kappa shape index (κ3) is 5.63. The second-order valence-corrected chi connectivity index (χ2v) is 10.6. The SMILES string of the molecule is N#C[C@@H]1CC(F)(F)CN1C(=O)CNC(=O)c1csc(CS(=O)(=O)c2ccc(Br)cc2)n1. The van der Waals surface area contributed by atoms with Crippen LogP contribution in [0, 0.1) is 11.3 Å². The van der Waals surface area contributed by atoms with Crippen LogP contribution in [0.4, 0.5) is 8.78 Å². The highest BCUT2D eigenvalue weighted by Gasteiger charge is 2.47. The van der Waals surface area contributed by atoms with E-state index in [-0.39, 0.29) is 15.6 Å². The number of carbonyl (C=O) groups is 2. The Kier molecular flexibility index (Phi) is 6.73. The summed E-state index contributed by atoms with van der Waals surface area (Å²) in [6.07, 6.45) is -0.745. The van der Waals surface area contributed by atoms with Crippen molar-refractivity contribution in [1.29, 1.82) is 5.26 Å². The fourth-order valence-corrected chi connectivity index (χ4v) is 5.58. The number of nitrogens with one attached hydrogen (secondary N) is 1. The van der Waals surface area contributed by atoms with Crippen LogP contribution in [-0.2, 0) is 20.4 Å². The fourth-order valence-electron chi connectivity index (χ4n) is 2.91. The van der Waals surface area contributed by atoms with Crippen molar-refractivity contribution >= 4 is 48.9 Å². The summed E-state index contributed by atoms with van der Waals surface area (Å²) in [6.45, 7) is -1.47. The molecule has 0 radical (unpaired) electrons. The van der Waals surface area contributed by atoms with Crippen LogP contribution in [0.15, 0.2) is 39.0 Å². The maximum absolute atomic E-state index is 13.4. The number of amides is 2. The van der Waals surface area contributed by atoms with Crippen LogP contribution in [0.5, 0.6) is 0 Å². The lowest BCUT2D eigenvalue weighted by Gasteiger charge is -2.19. The van der Waals surface area contributed by atoms with E-state index in [2.05, 4.69) is 26.2 Å². The van der Waals surface area contributed by atoms with E-state index >= 15 is 0 Å². The summed E-state index contributed by atoms with van der Waals surface area (Å²) in [5.74, 6) is -5.12. The number of hydrogen-bond donors (Lipinski definition) is 1. The van der Waals surface area contributed by atoms with E-state index in [9.17, 15) is 26.8 Å². The minimum atomic E-state index is -3.67. The van der Waals surface area contributed by atoms with E-state index in [1.807, 2.05) is 0 Å². The molecular weight excluding hydrogens is 518 g/mol. The summed E-state index contributed by atoms with van der Waals surface area (Å²) in [7, 11) is -3.67. The molecule has 1 saturated heterocycles. The zero-order valence-electron chi connectivity index (χ0n) is 15.7. The fraction of sp³-hybridized carbons (Fsp3) is 0.333.